The molecule has 2 aromatic heterocycles. The second kappa shape index (κ2) is 9.59. The molecule has 0 bridgehead atoms. The van der Waals surface area contributed by atoms with Crippen molar-refractivity contribution in [3.05, 3.63) is 119 Å². The van der Waals surface area contributed by atoms with Crippen LogP contribution in [0.25, 0.3) is 44.9 Å². The standard InChI is InChI=1S/C37H37N4/c1-23(2)28-20-27(26-12-8-7-9-13-26)21-29(24(3)4)36(28)41-33-15-11-10-14-32(33)39(6)37(41)35-25(5)16-17-31-30(35)22-34-38-18-19-40(31)34/h7-21,23-24H,22H2,1-6H3/q+1. The molecule has 3 heterocycles. The molecule has 6 aromatic rings. The van der Waals surface area contributed by atoms with Crippen molar-refractivity contribution in [1.29, 1.82) is 0 Å². The molecule has 0 atom stereocenters. The van der Waals surface area contributed by atoms with Crippen molar-refractivity contribution in [2.24, 2.45) is 7.05 Å². The Kier molecular flexibility index (Phi) is 5.97. The maximum atomic E-state index is 4.68. The van der Waals surface area contributed by atoms with E-state index in [1.54, 1.807) is 0 Å². The minimum Gasteiger partial charge on any atom is -0.303 e. The van der Waals surface area contributed by atoms with Gasteiger partial charge in [-0.2, -0.15) is 4.57 Å². The number of hydrogen-bond acceptors (Lipinski definition) is 1. The molecular weight excluding hydrogens is 500 g/mol. The number of fused-ring (bicyclic) bond motifs is 4. The van der Waals surface area contributed by atoms with E-state index in [0.29, 0.717) is 11.8 Å². The van der Waals surface area contributed by atoms with Gasteiger partial charge in [0.15, 0.2) is 11.0 Å². The summed E-state index contributed by atoms with van der Waals surface area (Å²) in [5.74, 6) is 3.02. The summed E-state index contributed by atoms with van der Waals surface area (Å²) in [4.78, 5) is 4.68. The predicted octanol–water partition coefficient (Wildman–Crippen LogP) is 8.43. The van der Waals surface area contributed by atoms with Crippen molar-refractivity contribution in [1.82, 2.24) is 14.1 Å². The Bertz CT molecular complexity index is 1910. The number of imidazole rings is 2. The summed E-state index contributed by atoms with van der Waals surface area (Å²) >= 11 is 0. The van der Waals surface area contributed by atoms with Crippen molar-refractivity contribution in [3.63, 3.8) is 0 Å². The zero-order chi connectivity index (χ0) is 28.4. The largest absolute Gasteiger partial charge is 0.303 e. The second-order valence-electron chi connectivity index (χ2n) is 12.0. The molecule has 0 saturated heterocycles. The fourth-order valence-electron chi connectivity index (χ4n) is 6.75. The number of para-hydroxylation sites is 2. The van der Waals surface area contributed by atoms with Crippen LogP contribution in [0.15, 0.2) is 91.3 Å². The lowest BCUT2D eigenvalue weighted by Crippen LogP contribution is -2.31. The van der Waals surface area contributed by atoms with Crippen LogP contribution in [0.4, 0.5) is 0 Å². The fraction of sp³-hybridized carbons (Fsp3) is 0.243. The van der Waals surface area contributed by atoms with Gasteiger partial charge in [0.05, 0.1) is 18.3 Å². The van der Waals surface area contributed by atoms with Gasteiger partial charge in [0.25, 0.3) is 5.82 Å². The van der Waals surface area contributed by atoms with E-state index in [9.17, 15) is 0 Å². The summed E-state index contributed by atoms with van der Waals surface area (Å²) in [7, 11) is 2.23. The first-order valence-corrected chi connectivity index (χ1v) is 14.7. The number of rotatable bonds is 5. The Morgan fingerprint density at radius 3 is 2.20 bits per heavy atom. The Labute approximate surface area is 242 Å². The highest BCUT2D eigenvalue weighted by Crippen LogP contribution is 2.42. The smallest absolute Gasteiger partial charge is 0.295 e. The van der Waals surface area contributed by atoms with Crippen LogP contribution in [0.5, 0.6) is 0 Å². The second-order valence-corrected chi connectivity index (χ2v) is 12.0. The van der Waals surface area contributed by atoms with Crippen LogP contribution in [0.3, 0.4) is 0 Å². The first-order valence-electron chi connectivity index (χ1n) is 14.7. The highest BCUT2D eigenvalue weighted by molar-refractivity contribution is 5.84. The first-order chi connectivity index (χ1) is 19.8. The van der Waals surface area contributed by atoms with E-state index in [-0.39, 0.29) is 0 Å². The van der Waals surface area contributed by atoms with Gasteiger partial charge < -0.3 is 4.57 Å². The molecule has 41 heavy (non-hydrogen) atoms. The van der Waals surface area contributed by atoms with Crippen LogP contribution in [0.1, 0.15) is 67.6 Å². The molecular formula is C37H37N4+. The Hall–Kier alpha value is -4.44. The van der Waals surface area contributed by atoms with Crippen LogP contribution in [-0.4, -0.2) is 14.1 Å². The maximum Gasteiger partial charge on any atom is 0.295 e. The van der Waals surface area contributed by atoms with E-state index in [1.165, 1.54) is 67.2 Å². The lowest BCUT2D eigenvalue weighted by molar-refractivity contribution is -0.633. The molecule has 0 N–H and O–H groups in total. The third-order valence-corrected chi connectivity index (χ3v) is 8.79. The number of benzene rings is 4. The van der Waals surface area contributed by atoms with Crippen LogP contribution in [0, 0.1) is 6.92 Å². The molecule has 7 rings (SSSR count). The van der Waals surface area contributed by atoms with Crippen molar-refractivity contribution in [3.8, 4) is 33.9 Å². The predicted molar refractivity (Wildman–Crippen MR) is 168 cm³/mol. The molecule has 4 heteroatoms. The minimum absolute atomic E-state index is 0.345. The SMILES string of the molecule is Cc1ccc2c(c1-c1n(-c3c(C(C)C)cc(-c4ccccc4)cc3C(C)C)c3ccccc3[n+]1C)Cc1nccn1-2. The average molecular weight is 538 g/mol. The number of nitrogens with zero attached hydrogens (tertiary/aromatic N) is 4. The fourth-order valence-corrected chi connectivity index (χ4v) is 6.75. The molecule has 0 radical (unpaired) electrons. The van der Waals surface area contributed by atoms with Gasteiger partial charge in [-0.25, -0.2) is 9.55 Å². The molecule has 0 fully saturated rings. The van der Waals surface area contributed by atoms with Crippen LogP contribution in [0.2, 0.25) is 0 Å². The van der Waals surface area contributed by atoms with Crippen LogP contribution in [-0.2, 0) is 13.5 Å². The topological polar surface area (TPSA) is 26.6 Å². The van der Waals surface area contributed by atoms with Gasteiger partial charge in [-0.1, -0.05) is 76.2 Å². The average Bonchev–Trinajstić information content (AvgIpc) is 3.65. The highest BCUT2D eigenvalue weighted by atomic mass is 15.2. The van der Waals surface area contributed by atoms with E-state index >= 15 is 0 Å². The molecule has 0 spiro atoms. The van der Waals surface area contributed by atoms with Gasteiger partial charge in [0.2, 0.25) is 0 Å². The zero-order valence-electron chi connectivity index (χ0n) is 24.8. The molecule has 204 valence electrons. The van der Waals surface area contributed by atoms with E-state index in [0.717, 1.165) is 12.2 Å². The van der Waals surface area contributed by atoms with Gasteiger partial charge in [-0.05, 0) is 71.3 Å². The summed E-state index contributed by atoms with van der Waals surface area (Å²) in [6.07, 6.45) is 4.83. The van der Waals surface area contributed by atoms with E-state index in [1.807, 2.05) is 6.20 Å². The molecule has 1 aliphatic rings. The summed E-state index contributed by atoms with van der Waals surface area (Å²) in [5, 5.41) is 0. The van der Waals surface area contributed by atoms with Gasteiger partial charge >= 0.3 is 0 Å². The molecule has 0 saturated carbocycles. The third kappa shape index (κ3) is 3.88. The molecule has 0 aliphatic carbocycles. The maximum absolute atomic E-state index is 4.68. The zero-order valence-corrected chi connectivity index (χ0v) is 24.8. The molecule has 4 aromatic carbocycles. The highest BCUT2D eigenvalue weighted by Gasteiger charge is 2.35. The molecule has 0 amide bonds. The van der Waals surface area contributed by atoms with E-state index < -0.39 is 0 Å². The van der Waals surface area contributed by atoms with Gasteiger partial charge in [-0.15, -0.1) is 0 Å². The Morgan fingerprint density at radius 1 is 0.805 bits per heavy atom. The number of hydrogen-bond donors (Lipinski definition) is 0. The van der Waals surface area contributed by atoms with Crippen molar-refractivity contribution >= 4 is 11.0 Å². The first kappa shape index (κ1) is 25.5. The lowest BCUT2D eigenvalue weighted by atomic mass is 9.88. The summed E-state index contributed by atoms with van der Waals surface area (Å²) < 4.78 is 7.22. The van der Waals surface area contributed by atoms with E-state index in [4.69, 9.17) is 0 Å². The van der Waals surface area contributed by atoms with Crippen LogP contribution < -0.4 is 4.57 Å². The summed E-state index contributed by atoms with van der Waals surface area (Å²) in [6.45, 7) is 11.6. The summed E-state index contributed by atoms with van der Waals surface area (Å²) in [5.41, 5.74) is 14.2. The van der Waals surface area contributed by atoms with Crippen molar-refractivity contribution in [2.45, 2.75) is 52.9 Å². The molecule has 4 nitrogen and oxygen atoms in total. The third-order valence-electron chi connectivity index (χ3n) is 8.79. The van der Waals surface area contributed by atoms with Crippen molar-refractivity contribution < 1.29 is 4.57 Å². The van der Waals surface area contributed by atoms with Crippen molar-refractivity contribution in [2.75, 3.05) is 0 Å². The normalized spacial score (nSPS) is 12.5. The van der Waals surface area contributed by atoms with E-state index in [2.05, 4.69) is 145 Å². The van der Waals surface area contributed by atoms with Gasteiger partial charge in [0.1, 0.15) is 11.5 Å². The van der Waals surface area contributed by atoms with Crippen LogP contribution >= 0.6 is 0 Å². The summed E-state index contributed by atoms with van der Waals surface area (Å²) in [6, 6.07) is 29.0. The van der Waals surface area contributed by atoms with Gasteiger partial charge in [-0.3, -0.25) is 0 Å². The molecule has 1 aliphatic heterocycles. The number of aromatic nitrogens is 4. The number of aryl methyl sites for hydroxylation is 2. The lowest BCUT2D eigenvalue weighted by Gasteiger charge is -2.21. The quantitative estimate of drug-likeness (QED) is 0.202. The minimum atomic E-state index is 0.345. The van der Waals surface area contributed by atoms with Gasteiger partial charge in [0, 0.05) is 29.9 Å². The molecule has 0 unspecified atom stereocenters. The Morgan fingerprint density at radius 2 is 1.49 bits per heavy atom. The Balaban J connectivity index is 1.61. The monoisotopic (exact) mass is 537 g/mol.